The van der Waals surface area contributed by atoms with Gasteiger partial charge in [0.25, 0.3) is 0 Å². The van der Waals surface area contributed by atoms with Crippen molar-refractivity contribution in [3.63, 3.8) is 0 Å². The lowest BCUT2D eigenvalue weighted by atomic mass is 10.1. The Hall–Kier alpha value is -0.180. The zero-order valence-corrected chi connectivity index (χ0v) is 12.8. The molecule has 1 aromatic rings. The molecule has 2 rings (SSSR count). The standard InChI is InChI=1S/C15H22ClNS/c1-11-7-8-12(9-14(11)16)15(17-2)10-18-13-5-3-4-6-13/h7-9,13,15,17H,3-6,10H2,1-2H3. The van der Waals surface area contributed by atoms with E-state index in [1.54, 1.807) is 0 Å². The number of benzene rings is 1. The highest BCUT2D eigenvalue weighted by Crippen LogP contribution is 2.32. The van der Waals surface area contributed by atoms with Gasteiger partial charge in [0.15, 0.2) is 0 Å². The normalized spacial score (nSPS) is 18.2. The fourth-order valence-corrected chi connectivity index (χ4v) is 4.14. The zero-order chi connectivity index (χ0) is 13.0. The number of hydrogen-bond acceptors (Lipinski definition) is 2. The Kier molecular flexibility index (Phi) is 5.40. The molecule has 1 unspecified atom stereocenters. The second-order valence-electron chi connectivity index (χ2n) is 5.09. The molecule has 100 valence electrons. The summed E-state index contributed by atoms with van der Waals surface area (Å²) in [6.45, 7) is 2.05. The fraction of sp³-hybridized carbons (Fsp3) is 0.600. The number of thioether (sulfide) groups is 1. The van der Waals surface area contributed by atoms with Gasteiger partial charge in [0, 0.05) is 22.1 Å². The van der Waals surface area contributed by atoms with E-state index >= 15 is 0 Å². The molecule has 1 N–H and O–H groups in total. The molecule has 1 saturated carbocycles. The summed E-state index contributed by atoms with van der Waals surface area (Å²) in [4.78, 5) is 0. The van der Waals surface area contributed by atoms with E-state index in [9.17, 15) is 0 Å². The van der Waals surface area contributed by atoms with Gasteiger partial charge in [-0.25, -0.2) is 0 Å². The Morgan fingerprint density at radius 2 is 2.11 bits per heavy atom. The summed E-state index contributed by atoms with van der Waals surface area (Å²) in [5.41, 5.74) is 2.46. The van der Waals surface area contributed by atoms with Crippen molar-refractivity contribution in [1.82, 2.24) is 5.32 Å². The summed E-state index contributed by atoms with van der Waals surface area (Å²) in [7, 11) is 2.04. The molecule has 3 heteroatoms. The van der Waals surface area contributed by atoms with Gasteiger partial charge < -0.3 is 5.32 Å². The van der Waals surface area contributed by atoms with E-state index in [0.29, 0.717) is 6.04 Å². The van der Waals surface area contributed by atoms with Crippen molar-refractivity contribution < 1.29 is 0 Å². The van der Waals surface area contributed by atoms with Crippen LogP contribution in [0.2, 0.25) is 5.02 Å². The van der Waals surface area contributed by atoms with Gasteiger partial charge in [0.05, 0.1) is 0 Å². The molecule has 1 aliphatic carbocycles. The SMILES string of the molecule is CNC(CSC1CCCC1)c1ccc(C)c(Cl)c1. The minimum absolute atomic E-state index is 0.411. The molecule has 1 fully saturated rings. The summed E-state index contributed by atoms with van der Waals surface area (Å²) < 4.78 is 0. The number of nitrogens with one attached hydrogen (secondary N) is 1. The molecular formula is C15H22ClNS. The van der Waals surface area contributed by atoms with Crippen LogP contribution in [0, 0.1) is 6.92 Å². The van der Waals surface area contributed by atoms with Crippen LogP contribution in [0.3, 0.4) is 0 Å². The number of rotatable bonds is 5. The summed E-state index contributed by atoms with van der Waals surface area (Å²) >= 11 is 8.32. The van der Waals surface area contributed by atoms with E-state index in [4.69, 9.17) is 11.6 Å². The van der Waals surface area contributed by atoms with Crippen LogP contribution in [0.15, 0.2) is 18.2 Å². The highest BCUT2D eigenvalue weighted by Gasteiger charge is 2.18. The van der Waals surface area contributed by atoms with Crippen molar-refractivity contribution in [2.24, 2.45) is 0 Å². The third-order valence-corrected chi connectivity index (χ3v) is 5.62. The van der Waals surface area contributed by atoms with Crippen molar-refractivity contribution in [2.45, 2.75) is 43.9 Å². The van der Waals surface area contributed by atoms with Gasteiger partial charge in [-0.2, -0.15) is 11.8 Å². The van der Waals surface area contributed by atoms with E-state index in [1.165, 1.54) is 31.2 Å². The molecule has 0 saturated heterocycles. The molecule has 0 amide bonds. The second-order valence-corrected chi connectivity index (χ2v) is 6.83. The third kappa shape index (κ3) is 3.66. The Morgan fingerprint density at radius 3 is 2.72 bits per heavy atom. The van der Waals surface area contributed by atoms with Crippen LogP contribution >= 0.6 is 23.4 Å². The number of aryl methyl sites for hydroxylation is 1. The maximum absolute atomic E-state index is 6.21. The van der Waals surface area contributed by atoms with Crippen LogP contribution in [0.5, 0.6) is 0 Å². The predicted molar refractivity (Wildman–Crippen MR) is 82.7 cm³/mol. The topological polar surface area (TPSA) is 12.0 Å². The van der Waals surface area contributed by atoms with Crippen molar-refractivity contribution in [3.8, 4) is 0 Å². The molecule has 0 bridgehead atoms. The molecule has 1 atom stereocenters. The average molecular weight is 284 g/mol. The summed E-state index contributed by atoms with van der Waals surface area (Å²) in [6.07, 6.45) is 5.63. The molecular weight excluding hydrogens is 262 g/mol. The minimum atomic E-state index is 0.411. The molecule has 1 aliphatic rings. The largest absolute Gasteiger partial charge is 0.312 e. The van der Waals surface area contributed by atoms with Gasteiger partial charge >= 0.3 is 0 Å². The molecule has 0 aromatic heterocycles. The van der Waals surface area contributed by atoms with Crippen LogP contribution in [0.4, 0.5) is 0 Å². The van der Waals surface area contributed by atoms with Crippen LogP contribution in [-0.4, -0.2) is 18.1 Å². The summed E-state index contributed by atoms with van der Waals surface area (Å²) in [6, 6.07) is 6.82. The van der Waals surface area contributed by atoms with Crippen molar-refractivity contribution in [2.75, 3.05) is 12.8 Å². The molecule has 0 spiro atoms. The third-order valence-electron chi connectivity index (χ3n) is 3.75. The first-order valence-corrected chi connectivity index (χ1v) is 8.18. The van der Waals surface area contributed by atoms with E-state index in [1.807, 2.05) is 14.0 Å². The van der Waals surface area contributed by atoms with Gasteiger partial charge in [-0.1, -0.05) is 36.6 Å². The molecule has 1 aromatic carbocycles. The van der Waals surface area contributed by atoms with E-state index in [0.717, 1.165) is 21.6 Å². The Balaban J connectivity index is 1.96. The van der Waals surface area contributed by atoms with Crippen LogP contribution in [0.1, 0.15) is 42.9 Å². The lowest BCUT2D eigenvalue weighted by molar-refractivity contribution is 0.660. The molecule has 0 heterocycles. The van der Waals surface area contributed by atoms with Crippen molar-refractivity contribution >= 4 is 23.4 Å². The average Bonchev–Trinajstić information content (AvgIpc) is 2.87. The quantitative estimate of drug-likeness (QED) is 0.848. The molecule has 18 heavy (non-hydrogen) atoms. The maximum atomic E-state index is 6.21. The second kappa shape index (κ2) is 6.83. The first-order valence-electron chi connectivity index (χ1n) is 6.75. The molecule has 1 nitrogen and oxygen atoms in total. The fourth-order valence-electron chi connectivity index (χ4n) is 2.46. The number of hydrogen-bond donors (Lipinski definition) is 1. The highest BCUT2D eigenvalue weighted by molar-refractivity contribution is 7.99. The Morgan fingerprint density at radius 1 is 1.39 bits per heavy atom. The van der Waals surface area contributed by atoms with Crippen LogP contribution in [-0.2, 0) is 0 Å². The first kappa shape index (κ1) is 14.2. The van der Waals surface area contributed by atoms with Crippen LogP contribution < -0.4 is 5.32 Å². The number of halogens is 1. The Bertz CT molecular complexity index is 388. The zero-order valence-electron chi connectivity index (χ0n) is 11.2. The molecule has 0 aliphatic heterocycles. The van der Waals surface area contributed by atoms with Crippen molar-refractivity contribution in [1.29, 1.82) is 0 Å². The van der Waals surface area contributed by atoms with Gasteiger partial charge in [0.1, 0.15) is 0 Å². The Labute approximate surface area is 120 Å². The van der Waals surface area contributed by atoms with Gasteiger partial charge in [-0.15, -0.1) is 0 Å². The highest BCUT2D eigenvalue weighted by atomic mass is 35.5. The maximum Gasteiger partial charge on any atom is 0.0438 e. The molecule has 0 radical (unpaired) electrons. The van der Waals surface area contributed by atoms with Gasteiger partial charge in [-0.05, 0) is 44.0 Å². The van der Waals surface area contributed by atoms with E-state index < -0.39 is 0 Å². The minimum Gasteiger partial charge on any atom is -0.312 e. The lowest BCUT2D eigenvalue weighted by Crippen LogP contribution is -2.19. The van der Waals surface area contributed by atoms with E-state index in [2.05, 4.69) is 35.3 Å². The van der Waals surface area contributed by atoms with Gasteiger partial charge in [-0.3, -0.25) is 0 Å². The summed E-state index contributed by atoms with van der Waals surface area (Å²) in [5, 5.41) is 5.16. The van der Waals surface area contributed by atoms with Crippen molar-refractivity contribution in [3.05, 3.63) is 34.3 Å². The summed E-state index contributed by atoms with van der Waals surface area (Å²) in [5.74, 6) is 1.14. The first-order chi connectivity index (χ1) is 8.70. The predicted octanol–water partition coefficient (Wildman–Crippen LogP) is 4.58. The smallest absolute Gasteiger partial charge is 0.0438 e. The lowest BCUT2D eigenvalue weighted by Gasteiger charge is -2.19. The monoisotopic (exact) mass is 283 g/mol. The van der Waals surface area contributed by atoms with Crippen LogP contribution in [0.25, 0.3) is 0 Å². The van der Waals surface area contributed by atoms with E-state index in [-0.39, 0.29) is 0 Å². The van der Waals surface area contributed by atoms with Gasteiger partial charge in [0.2, 0.25) is 0 Å².